The molecule has 0 spiro atoms. The SMILES string of the molecule is CCC(Nc1ccc([N+](=O)[O-])nc1)C(C)C. The molecule has 1 rings (SSSR count). The van der Waals surface area contributed by atoms with E-state index in [0.29, 0.717) is 12.0 Å². The molecule has 0 saturated heterocycles. The molecule has 1 aromatic rings. The molecule has 1 heterocycles. The van der Waals surface area contributed by atoms with E-state index in [1.807, 2.05) is 0 Å². The Bertz CT molecular complexity index is 349. The van der Waals surface area contributed by atoms with Gasteiger partial charge in [0, 0.05) is 12.1 Å². The lowest BCUT2D eigenvalue weighted by atomic mass is 10.0. The molecular weight excluding hydrogens is 206 g/mol. The van der Waals surface area contributed by atoms with Gasteiger partial charge in [-0.25, -0.2) is 0 Å². The number of pyridine rings is 1. The van der Waals surface area contributed by atoms with Crippen LogP contribution >= 0.6 is 0 Å². The Morgan fingerprint density at radius 2 is 2.19 bits per heavy atom. The molecule has 1 N–H and O–H groups in total. The van der Waals surface area contributed by atoms with Gasteiger partial charge in [-0.2, -0.15) is 0 Å². The molecule has 0 aliphatic heterocycles. The van der Waals surface area contributed by atoms with Gasteiger partial charge in [-0.15, -0.1) is 0 Å². The van der Waals surface area contributed by atoms with Crippen molar-refractivity contribution >= 4 is 11.5 Å². The van der Waals surface area contributed by atoms with Gasteiger partial charge in [0.25, 0.3) is 0 Å². The molecule has 1 aromatic heterocycles. The number of nitrogens with one attached hydrogen (secondary N) is 1. The standard InChI is InChI=1S/C11H17N3O2/c1-4-10(8(2)3)13-9-5-6-11(12-7-9)14(15)16/h5-8,10,13H,4H2,1-3H3. The normalized spacial score (nSPS) is 12.5. The number of hydrogen-bond donors (Lipinski definition) is 1. The predicted molar refractivity (Wildman–Crippen MR) is 63.4 cm³/mol. The van der Waals surface area contributed by atoms with Crippen LogP contribution in [0.15, 0.2) is 18.3 Å². The maximum Gasteiger partial charge on any atom is 0.363 e. The number of aromatic nitrogens is 1. The van der Waals surface area contributed by atoms with Gasteiger partial charge in [-0.1, -0.05) is 20.8 Å². The van der Waals surface area contributed by atoms with Crippen LogP contribution in [0, 0.1) is 16.0 Å². The molecule has 16 heavy (non-hydrogen) atoms. The van der Waals surface area contributed by atoms with Crippen LogP contribution in [0.2, 0.25) is 0 Å². The summed E-state index contributed by atoms with van der Waals surface area (Å²) in [5.41, 5.74) is 0.825. The van der Waals surface area contributed by atoms with E-state index in [0.717, 1.165) is 12.1 Å². The molecule has 0 aliphatic carbocycles. The Balaban J connectivity index is 2.71. The van der Waals surface area contributed by atoms with Crippen LogP contribution in [0.4, 0.5) is 11.5 Å². The quantitative estimate of drug-likeness (QED) is 0.615. The Hall–Kier alpha value is -1.65. The predicted octanol–water partition coefficient (Wildman–Crippen LogP) is 2.84. The zero-order chi connectivity index (χ0) is 12.1. The van der Waals surface area contributed by atoms with E-state index in [-0.39, 0.29) is 5.82 Å². The topological polar surface area (TPSA) is 68.1 Å². The third-order valence-corrected chi connectivity index (χ3v) is 2.53. The summed E-state index contributed by atoms with van der Waals surface area (Å²) in [5.74, 6) is 0.392. The highest BCUT2D eigenvalue weighted by atomic mass is 16.6. The number of hydrogen-bond acceptors (Lipinski definition) is 4. The second-order valence-electron chi connectivity index (χ2n) is 4.07. The van der Waals surface area contributed by atoms with E-state index >= 15 is 0 Å². The Morgan fingerprint density at radius 3 is 2.56 bits per heavy atom. The first-order valence-electron chi connectivity index (χ1n) is 5.41. The smallest absolute Gasteiger partial charge is 0.363 e. The van der Waals surface area contributed by atoms with Crippen molar-refractivity contribution in [1.82, 2.24) is 4.98 Å². The first-order chi connectivity index (χ1) is 7.54. The van der Waals surface area contributed by atoms with Crippen LogP contribution in [0.25, 0.3) is 0 Å². The molecule has 5 nitrogen and oxygen atoms in total. The van der Waals surface area contributed by atoms with Crippen LogP contribution < -0.4 is 5.32 Å². The minimum absolute atomic E-state index is 0.122. The van der Waals surface area contributed by atoms with E-state index in [4.69, 9.17) is 0 Å². The first-order valence-corrected chi connectivity index (χ1v) is 5.41. The van der Waals surface area contributed by atoms with Gasteiger partial charge in [0.2, 0.25) is 0 Å². The highest BCUT2D eigenvalue weighted by Gasteiger charge is 2.12. The third-order valence-electron chi connectivity index (χ3n) is 2.53. The van der Waals surface area contributed by atoms with Crippen molar-refractivity contribution in [3.63, 3.8) is 0 Å². The molecule has 5 heteroatoms. The van der Waals surface area contributed by atoms with Crippen molar-refractivity contribution in [1.29, 1.82) is 0 Å². The maximum absolute atomic E-state index is 10.4. The average Bonchev–Trinajstić information content (AvgIpc) is 2.26. The number of nitrogens with zero attached hydrogens (tertiary/aromatic N) is 2. The summed E-state index contributed by atoms with van der Waals surface area (Å²) in [4.78, 5) is 13.7. The number of anilines is 1. The van der Waals surface area contributed by atoms with Gasteiger partial charge in [-0.3, -0.25) is 0 Å². The highest BCUT2D eigenvalue weighted by molar-refractivity contribution is 5.44. The lowest BCUT2D eigenvalue weighted by molar-refractivity contribution is -0.389. The van der Waals surface area contributed by atoms with Gasteiger partial charge in [-0.05, 0) is 28.3 Å². The Morgan fingerprint density at radius 1 is 1.50 bits per heavy atom. The minimum Gasteiger partial charge on any atom is -0.379 e. The lowest BCUT2D eigenvalue weighted by Crippen LogP contribution is -2.24. The lowest BCUT2D eigenvalue weighted by Gasteiger charge is -2.20. The van der Waals surface area contributed by atoms with Crippen LogP contribution in [-0.2, 0) is 0 Å². The molecule has 0 amide bonds. The van der Waals surface area contributed by atoms with Crippen molar-refractivity contribution in [2.45, 2.75) is 33.2 Å². The molecule has 0 aliphatic rings. The van der Waals surface area contributed by atoms with E-state index in [2.05, 4.69) is 31.1 Å². The summed E-state index contributed by atoms with van der Waals surface area (Å²) in [5, 5.41) is 13.7. The van der Waals surface area contributed by atoms with E-state index in [1.165, 1.54) is 12.3 Å². The largest absolute Gasteiger partial charge is 0.379 e. The Kier molecular flexibility index (Phi) is 4.22. The van der Waals surface area contributed by atoms with Gasteiger partial charge in [0.1, 0.15) is 0 Å². The molecular formula is C11H17N3O2. The molecule has 1 unspecified atom stereocenters. The Labute approximate surface area is 95.0 Å². The van der Waals surface area contributed by atoms with Gasteiger partial charge >= 0.3 is 5.82 Å². The fraction of sp³-hybridized carbons (Fsp3) is 0.545. The van der Waals surface area contributed by atoms with E-state index < -0.39 is 4.92 Å². The van der Waals surface area contributed by atoms with Gasteiger partial charge < -0.3 is 15.4 Å². The van der Waals surface area contributed by atoms with Crippen molar-refractivity contribution in [3.8, 4) is 0 Å². The third kappa shape index (κ3) is 3.18. The van der Waals surface area contributed by atoms with Gasteiger partial charge in [0.15, 0.2) is 6.20 Å². The van der Waals surface area contributed by atoms with Crippen LogP contribution in [0.5, 0.6) is 0 Å². The fourth-order valence-corrected chi connectivity index (χ4v) is 1.53. The summed E-state index contributed by atoms with van der Waals surface area (Å²) in [6.07, 6.45) is 2.51. The number of nitro groups is 1. The molecule has 0 radical (unpaired) electrons. The molecule has 1 atom stereocenters. The first kappa shape index (κ1) is 12.4. The number of rotatable bonds is 5. The molecule has 0 aromatic carbocycles. The average molecular weight is 223 g/mol. The molecule has 0 fully saturated rings. The van der Waals surface area contributed by atoms with Crippen molar-refractivity contribution in [2.24, 2.45) is 5.92 Å². The summed E-state index contributed by atoms with van der Waals surface area (Å²) in [7, 11) is 0. The van der Waals surface area contributed by atoms with E-state index in [9.17, 15) is 10.1 Å². The zero-order valence-electron chi connectivity index (χ0n) is 9.80. The molecule has 0 saturated carbocycles. The monoisotopic (exact) mass is 223 g/mol. The minimum atomic E-state index is -0.496. The van der Waals surface area contributed by atoms with Gasteiger partial charge in [0.05, 0.1) is 5.69 Å². The van der Waals surface area contributed by atoms with E-state index in [1.54, 1.807) is 6.07 Å². The van der Waals surface area contributed by atoms with Crippen LogP contribution in [-0.4, -0.2) is 15.9 Å². The highest BCUT2D eigenvalue weighted by Crippen LogP contribution is 2.16. The summed E-state index contributed by atoms with van der Waals surface area (Å²) >= 11 is 0. The van der Waals surface area contributed by atoms with Crippen molar-refractivity contribution in [2.75, 3.05) is 5.32 Å². The molecule has 0 bridgehead atoms. The maximum atomic E-state index is 10.4. The summed E-state index contributed by atoms with van der Waals surface area (Å²) in [6.45, 7) is 6.39. The summed E-state index contributed by atoms with van der Waals surface area (Å²) in [6, 6.07) is 3.47. The fourth-order valence-electron chi connectivity index (χ4n) is 1.53. The zero-order valence-corrected chi connectivity index (χ0v) is 9.80. The molecule has 88 valence electrons. The van der Waals surface area contributed by atoms with Crippen molar-refractivity contribution < 1.29 is 4.92 Å². The van der Waals surface area contributed by atoms with Crippen LogP contribution in [0.3, 0.4) is 0 Å². The van der Waals surface area contributed by atoms with Crippen molar-refractivity contribution in [3.05, 3.63) is 28.4 Å². The van der Waals surface area contributed by atoms with Crippen LogP contribution in [0.1, 0.15) is 27.2 Å². The second-order valence-corrected chi connectivity index (χ2v) is 4.07. The second kappa shape index (κ2) is 5.44. The summed E-state index contributed by atoms with van der Waals surface area (Å²) < 4.78 is 0.